The lowest BCUT2D eigenvalue weighted by Gasteiger charge is -2.23. The number of hydrogen-bond donors (Lipinski definition) is 1. The van der Waals surface area contributed by atoms with E-state index in [1.807, 2.05) is 61.5 Å². The predicted octanol–water partition coefficient (Wildman–Crippen LogP) is 4.19. The molecule has 0 saturated carbocycles. The van der Waals surface area contributed by atoms with E-state index in [0.717, 1.165) is 28.6 Å². The van der Waals surface area contributed by atoms with Crippen molar-refractivity contribution in [3.8, 4) is 0 Å². The number of aromatic nitrogens is 2. The van der Waals surface area contributed by atoms with E-state index in [9.17, 15) is 14.4 Å². The Balaban J connectivity index is 1.58. The minimum absolute atomic E-state index is 0.0476. The molecule has 0 spiro atoms. The first-order chi connectivity index (χ1) is 19.7. The van der Waals surface area contributed by atoms with Crippen LogP contribution in [0.15, 0.2) is 78.0 Å². The van der Waals surface area contributed by atoms with Crippen molar-refractivity contribution in [1.82, 2.24) is 15.1 Å². The number of fused-ring (bicyclic) bond motifs is 2. The number of hydrogen-bond acceptors (Lipinski definition) is 8. The van der Waals surface area contributed by atoms with Crippen LogP contribution in [0.25, 0.3) is 10.8 Å². The number of aliphatic imine (C=N–C) groups is 1. The molecule has 1 atom stereocenters. The number of esters is 1. The molecule has 3 aromatic carbocycles. The Labute approximate surface area is 237 Å². The van der Waals surface area contributed by atoms with Crippen molar-refractivity contribution < 1.29 is 19.1 Å². The first kappa shape index (κ1) is 27.6. The van der Waals surface area contributed by atoms with Gasteiger partial charge in [-0.3, -0.25) is 14.6 Å². The van der Waals surface area contributed by atoms with E-state index in [4.69, 9.17) is 9.73 Å². The lowest BCUT2D eigenvalue weighted by atomic mass is 9.89. The molecule has 1 aliphatic heterocycles. The molecule has 1 N–H and O–H groups in total. The fraction of sp³-hybridized carbons (Fsp3) is 0.226. The minimum Gasteiger partial charge on any atom is -0.465 e. The monoisotopic (exact) mass is 550 g/mol. The Morgan fingerprint density at radius 1 is 0.927 bits per heavy atom. The molecule has 1 aromatic heterocycles. The zero-order chi connectivity index (χ0) is 29.1. The molecule has 2 amide bonds. The number of methoxy groups -OCH3 is 1. The number of ether oxygens (including phenoxy) is 1. The molecule has 4 aromatic rings. The molecule has 10 heteroatoms. The predicted molar refractivity (Wildman–Crippen MR) is 158 cm³/mol. The van der Waals surface area contributed by atoms with Crippen molar-refractivity contribution in [2.45, 2.75) is 12.8 Å². The molecule has 0 saturated heterocycles. The third-order valence-corrected chi connectivity index (χ3v) is 6.98. The number of anilines is 2. The molecule has 1 aliphatic rings. The van der Waals surface area contributed by atoms with Gasteiger partial charge in [0.25, 0.3) is 0 Å². The second-order valence-electron chi connectivity index (χ2n) is 10.0. The van der Waals surface area contributed by atoms with Crippen LogP contribution in [0.4, 0.5) is 17.1 Å². The Kier molecular flexibility index (Phi) is 7.84. The van der Waals surface area contributed by atoms with E-state index in [1.54, 1.807) is 42.4 Å². The van der Waals surface area contributed by atoms with Gasteiger partial charge in [0.15, 0.2) is 0 Å². The fourth-order valence-corrected chi connectivity index (χ4v) is 4.84. The lowest BCUT2D eigenvalue weighted by molar-refractivity contribution is -0.117. The third kappa shape index (κ3) is 5.82. The van der Waals surface area contributed by atoms with Crippen LogP contribution < -0.4 is 10.2 Å². The largest absolute Gasteiger partial charge is 0.465 e. The zero-order valence-electron chi connectivity index (χ0n) is 23.3. The van der Waals surface area contributed by atoms with Crippen LogP contribution in [0, 0.1) is 0 Å². The molecule has 10 nitrogen and oxygen atoms in total. The van der Waals surface area contributed by atoms with Crippen molar-refractivity contribution in [2.75, 3.05) is 44.5 Å². The third-order valence-electron chi connectivity index (χ3n) is 6.98. The molecular weight excluding hydrogens is 520 g/mol. The number of nitrogens with zero attached hydrogens (tertiary/aromatic N) is 5. The van der Waals surface area contributed by atoms with Crippen LogP contribution in [-0.4, -0.2) is 72.9 Å². The van der Waals surface area contributed by atoms with Gasteiger partial charge < -0.3 is 19.9 Å². The van der Waals surface area contributed by atoms with Crippen molar-refractivity contribution in [2.24, 2.45) is 4.99 Å². The van der Waals surface area contributed by atoms with E-state index in [0.29, 0.717) is 34.8 Å². The summed E-state index contributed by atoms with van der Waals surface area (Å²) in [5, 5.41) is 12.6. The Hall–Kier alpha value is -4.96. The standard InChI is InChI=1S/C31H30N6O4/c1-19(38)37(14-13-36(2)3)25-10-8-24(9-11-25)34-29(20-5-6-22-17-32-33-18-23(22)15-20)28-26-12-7-21(31(40)41-4)16-27(26)35-30(28)39/h5-12,15-18,28H,13-14H2,1-4H3,(H,35,39). The highest BCUT2D eigenvalue weighted by Crippen LogP contribution is 2.37. The summed E-state index contributed by atoms with van der Waals surface area (Å²) < 4.78 is 4.84. The zero-order valence-corrected chi connectivity index (χ0v) is 23.3. The van der Waals surface area contributed by atoms with Gasteiger partial charge in [0.2, 0.25) is 11.8 Å². The molecular formula is C31H30N6O4. The van der Waals surface area contributed by atoms with Gasteiger partial charge in [-0.05, 0) is 67.7 Å². The smallest absolute Gasteiger partial charge is 0.337 e. The maximum absolute atomic E-state index is 13.4. The molecule has 1 unspecified atom stereocenters. The second-order valence-corrected chi connectivity index (χ2v) is 10.0. The molecule has 0 radical (unpaired) electrons. The van der Waals surface area contributed by atoms with Crippen LogP contribution in [-0.2, 0) is 14.3 Å². The van der Waals surface area contributed by atoms with Gasteiger partial charge in [-0.1, -0.05) is 18.2 Å². The molecule has 208 valence electrons. The summed E-state index contributed by atoms with van der Waals surface area (Å²) in [6, 6.07) is 18.2. The van der Waals surface area contributed by atoms with Crippen molar-refractivity contribution in [1.29, 1.82) is 0 Å². The number of rotatable bonds is 8. The van der Waals surface area contributed by atoms with Gasteiger partial charge in [0.05, 0.1) is 36.5 Å². The van der Waals surface area contributed by atoms with Gasteiger partial charge in [0.1, 0.15) is 5.92 Å². The van der Waals surface area contributed by atoms with Crippen LogP contribution in [0.2, 0.25) is 0 Å². The maximum Gasteiger partial charge on any atom is 0.337 e. The number of likely N-dealkylation sites (N-methyl/N-ethyl adjacent to an activating group) is 1. The fourth-order valence-electron chi connectivity index (χ4n) is 4.84. The van der Waals surface area contributed by atoms with Crippen molar-refractivity contribution in [3.63, 3.8) is 0 Å². The quantitative estimate of drug-likeness (QED) is 0.258. The van der Waals surface area contributed by atoms with Gasteiger partial charge in [0, 0.05) is 42.2 Å². The highest BCUT2D eigenvalue weighted by Gasteiger charge is 2.36. The second kappa shape index (κ2) is 11.6. The summed E-state index contributed by atoms with van der Waals surface area (Å²) in [7, 11) is 5.24. The van der Waals surface area contributed by atoms with Gasteiger partial charge in [-0.25, -0.2) is 4.79 Å². The van der Waals surface area contributed by atoms with Crippen molar-refractivity contribution in [3.05, 3.63) is 89.7 Å². The summed E-state index contributed by atoms with van der Waals surface area (Å²) in [6.07, 6.45) is 3.35. The average molecular weight is 551 g/mol. The molecule has 41 heavy (non-hydrogen) atoms. The van der Waals surface area contributed by atoms with E-state index in [-0.39, 0.29) is 11.8 Å². The van der Waals surface area contributed by atoms with E-state index in [1.165, 1.54) is 7.11 Å². The van der Waals surface area contributed by atoms with Crippen LogP contribution in [0.3, 0.4) is 0 Å². The van der Waals surface area contributed by atoms with Crippen molar-refractivity contribution >= 4 is 51.3 Å². The summed E-state index contributed by atoms with van der Waals surface area (Å²) in [5.74, 6) is -1.51. The maximum atomic E-state index is 13.4. The lowest BCUT2D eigenvalue weighted by Crippen LogP contribution is -2.35. The Bertz CT molecular complexity index is 1670. The van der Waals surface area contributed by atoms with Gasteiger partial charge in [-0.15, -0.1) is 0 Å². The number of nitrogens with one attached hydrogen (secondary N) is 1. The van der Waals surface area contributed by atoms with E-state index >= 15 is 0 Å². The molecule has 0 aliphatic carbocycles. The summed E-state index contributed by atoms with van der Waals surface area (Å²) in [4.78, 5) is 46.6. The molecule has 0 bridgehead atoms. The van der Waals surface area contributed by atoms with Crippen LogP contribution in [0.1, 0.15) is 34.3 Å². The van der Waals surface area contributed by atoms with Crippen LogP contribution >= 0.6 is 0 Å². The first-order valence-corrected chi connectivity index (χ1v) is 13.1. The number of carbonyl (C=O) groups excluding carboxylic acids is 3. The topological polar surface area (TPSA) is 117 Å². The average Bonchev–Trinajstić information content (AvgIpc) is 3.30. The summed E-state index contributed by atoms with van der Waals surface area (Å²) in [6.45, 7) is 2.83. The number of amides is 2. The summed E-state index contributed by atoms with van der Waals surface area (Å²) in [5.41, 5.74) is 4.26. The molecule has 2 heterocycles. The highest BCUT2D eigenvalue weighted by atomic mass is 16.5. The molecule has 5 rings (SSSR count). The summed E-state index contributed by atoms with van der Waals surface area (Å²) >= 11 is 0. The Morgan fingerprint density at radius 2 is 1.63 bits per heavy atom. The van der Waals surface area contributed by atoms with Gasteiger partial charge >= 0.3 is 5.97 Å². The highest BCUT2D eigenvalue weighted by molar-refractivity contribution is 6.24. The number of carbonyl (C=O) groups is 3. The normalized spacial score (nSPS) is 14.6. The number of benzene rings is 3. The van der Waals surface area contributed by atoms with Gasteiger partial charge in [-0.2, -0.15) is 10.2 Å². The van der Waals surface area contributed by atoms with E-state index < -0.39 is 11.9 Å². The molecule has 0 fully saturated rings. The minimum atomic E-state index is -0.725. The van der Waals surface area contributed by atoms with Crippen LogP contribution in [0.5, 0.6) is 0 Å². The Morgan fingerprint density at radius 3 is 2.32 bits per heavy atom. The van der Waals surface area contributed by atoms with E-state index in [2.05, 4.69) is 15.5 Å². The SMILES string of the molecule is COC(=O)c1ccc2c(c1)NC(=O)C2C(=Nc1ccc(N(CCN(C)C)C(C)=O)cc1)c1ccc2cnncc2c1. The first-order valence-electron chi connectivity index (χ1n) is 13.1.